The lowest BCUT2D eigenvalue weighted by Gasteiger charge is -2.24. The molecule has 8 nitrogen and oxygen atoms in total. The van der Waals surface area contributed by atoms with Crippen molar-refractivity contribution in [2.75, 3.05) is 39.4 Å². The van der Waals surface area contributed by atoms with Gasteiger partial charge in [0, 0.05) is 26.2 Å². The summed E-state index contributed by atoms with van der Waals surface area (Å²) in [6.45, 7) is 2.46. The first-order chi connectivity index (χ1) is 11.0. The van der Waals surface area contributed by atoms with Gasteiger partial charge in [0.2, 0.25) is 0 Å². The fourth-order valence-electron chi connectivity index (χ4n) is 2.46. The van der Waals surface area contributed by atoms with Gasteiger partial charge in [0.1, 0.15) is 0 Å². The number of hydrogen-bond acceptors (Lipinski definition) is 6. The summed E-state index contributed by atoms with van der Waals surface area (Å²) < 4.78 is 5.51. The van der Waals surface area contributed by atoms with E-state index in [1.807, 2.05) is 18.2 Å². The van der Waals surface area contributed by atoms with Crippen molar-refractivity contribution in [2.24, 2.45) is 0 Å². The van der Waals surface area contributed by atoms with Crippen LogP contribution in [0.1, 0.15) is 11.4 Å². The van der Waals surface area contributed by atoms with E-state index in [2.05, 4.69) is 4.98 Å². The summed E-state index contributed by atoms with van der Waals surface area (Å²) in [4.78, 5) is 29.9. The topological polar surface area (TPSA) is 103 Å². The smallest absolute Gasteiger partial charge is 0.317 e. The van der Waals surface area contributed by atoms with E-state index in [1.54, 1.807) is 9.80 Å². The molecule has 2 rings (SSSR count). The molecular weight excluding hydrogens is 302 g/mol. The maximum Gasteiger partial charge on any atom is 0.317 e. The van der Waals surface area contributed by atoms with Crippen LogP contribution in [0, 0.1) is 0 Å². The summed E-state index contributed by atoms with van der Waals surface area (Å²) in [6.07, 6.45) is 0. The molecule has 1 aromatic rings. The predicted molar refractivity (Wildman–Crippen MR) is 80.9 cm³/mol. The van der Waals surface area contributed by atoms with Gasteiger partial charge in [-0.05, 0) is 12.1 Å². The van der Waals surface area contributed by atoms with E-state index in [0.29, 0.717) is 39.4 Å². The largest absolute Gasteiger partial charge is 0.480 e. The number of hydrogen-bond donors (Lipinski definition) is 2. The molecule has 1 aliphatic heterocycles. The molecule has 0 radical (unpaired) electrons. The standard InChI is InChI=1S/C15H21N3O5/c19-14(20)10-17-4-6-23-7-5-18(11-15(21)22)9-13-3-1-2-12(8-17)16-13/h1-3H,4-11H2,(H,19,20)(H,21,22). The summed E-state index contributed by atoms with van der Waals surface area (Å²) in [6, 6.07) is 5.54. The maximum absolute atomic E-state index is 10.9. The highest BCUT2D eigenvalue weighted by Crippen LogP contribution is 2.08. The number of rotatable bonds is 4. The molecule has 0 fully saturated rings. The van der Waals surface area contributed by atoms with Crippen LogP contribution in [0.25, 0.3) is 0 Å². The molecule has 0 saturated heterocycles. The summed E-state index contributed by atoms with van der Waals surface area (Å²) in [5.41, 5.74) is 1.53. The van der Waals surface area contributed by atoms with Crippen LogP contribution < -0.4 is 0 Å². The lowest BCUT2D eigenvalue weighted by Crippen LogP contribution is -2.36. The molecule has 1 aromatic heterocycles. The van der Waals surface area contributed by atoms with Crippen LogP contribution in [-0.4, -0.2) is 76.3 Å². The lowest BCUT2D eigenvalue weighted by molar-refractivity contribution is -0.139. The SMILES string of the molecule is O=C(O)CN1CCOCCN(CC(=O)O)Cc2cccc(n2)C1. The third-order valence-corrected chi connectivity index (χ3v) is 3.46. The molecule has 0 saturated carbocycles. The highest BCUT2D eigenvalue weighted by Gasteiger charge is 2.15. The zero-order chi connectivity index (χ0) is 16.7. The van der Waals surface area contributed by atoms with E-state index in [1.165, 1.54) is 0 Å². The molecule has 0 aliphatic carbocycles. The Morgan fingerprint density at radius 1 is 1.00 bits per heavy atom. The third kappa shape index (κ3) is 6.31. The highest BCUT2D eigenvalue weighted by atomic mass is 16.5. The minimum Gasteiger partial charge on any atom is -0.480 e. The number of carboxylic acids is 2. The van der Waals surface area contributed by atoms with Gasteiger partial charge in [-0.2, -0.15) is 0 Å². The number of fused-ring (bicyclic) bond motifs is 2. The number of aromatic nitrogens is 1. The van der Waals surface area contributed by atoms with Crippen molar-refractivity contribution in [1.82, 2.24) is 14.8 Å². The van der Waals surface area contributed by atoms with Crippen LogP contribution >= 0.6 is 0 Å². The second-order valence-electron chi connectivity index (χ2n) is 5.44. The maximum atomic E-state index is 10.9. The van der Waals surface area contributed by atoms with Gasteiger partial charge in [-0.25, -0.2) is 0 Å². The Balaban J connectivity index is 2.14. The zero-order valence-corrected chi connectivity index (χ0v) is 12.8. The predicted octanol–water partition coefficient (Wildman–Crippen LogP) is -0.115. The van der Waals surface area contributed by atoms with Crippen LogP contribution in [0.4, 0.5) is 0 Å². The molecule has 126 valence electrons. The van der Waals surface area contributed by atoms with Crippen LogP contribution in [0.3, 0.4) is 0 Å². The van der Waals surface area contributed by atoms with Crippen LogP contribution in [0.15, 0.2) is 18.2 Å². The molecule has 0 spiro atoms. The number of pyridine rings is 1. The van der Waals surface area contributed by atoms with Crippen LogP contribution in [0.2, 0.25) is 0 Å². The minimum absolute atomic E-state index is 0.0690. The summed E-state index contributed by atoms with van der Waals surface area (Å²) in [5, 5.41) is 18.0. The minimum atomic E-state index is -0.888. The van der Waals surface area contributed by atoms with E-state index in [4.69, 9.17) is 14.9 Å². The molecule has 2 N–H and O–H groups in total. The Labute approximate surface area is 134 Å². The molecule has 0 aromatic carbocycles. The first kappa shape index (κ1) is 17.3. The van der Waals surface area contributed by atoms with Crippen molar-refractivity contribution >= 4 is 11.9 Å². The van der Waals surface area contributed by atoms with Gasteiger partial charge in [-0.15, -0.1) is 0 Å². The van der Waals surface area contributed by atoms with Crippen LogP contribution in [0.5, 0.6) is 0 Å². The summed E-state index contributed by atoms with van der Waals surface area (Å²) >= 11 is 0. The normalized spacial score (nSPS) is 17.9. The van der Waals surface area contributed by atoms with Gasteiger partial charge in [-0.1, -0.05) is 6.07 Å². The average Bonchev–Trinajstić information content (AvgIpc) is 2.44. The van der Waals surface area contributed by atoms with Crippen molar-refractivity contribution in [3.63, 3.8) is 0 Å². The first-order valence-corrected chi connectivity index (χ1v) is 7.44. The summed E-state index contributed by atoms with van der Waals surface area (Å²) in [7, 11) is 0. The monoisotopic (exact) mass is 323 g/mol. The van der Waals surface area contributed by atoms with Gasteiger partial charge in [0.15, 0.2) is 0 Å². The van der Waals surface area contributed by atoms with Gasteiger partial charge >= 0.3 is 11.9 Å². The number of carboxylic acid groups (broad SMARTS) is 2. The van der Waals surface area contributed by atoms with E-state index >= 15 is 0 Å². The first-order valence-electron chi connectivity index (χ1n) is 7.44. The Kier molecular flexibility index (Phi) is 6.45. The third-order valence-electron chi connectivity index (χ3n) is 3.46. The molecule has 2 bridgehead atoms. The van der Waals surface area contributed by atoms with Crippen molar-refractivity contribution in [2.45, 2.75) is 13.1 Å². The lowest BCUT2D eigenvalue weighted by atomic mass is 10.2. The molecule has 0 unspecified atom stereocenters. The van der Waals surface area contributed by atoms with E-state index in [9.17, 15) is 9.59 Å². The van der Waals surface area contributed by atoms with Crippen molar-refractivity contribution in [3.05, 3.63) is 29.6 Å². The van der Waals surface area contributed by atoms with E-state index in [-0.39, 0.29) is 13.1 Å². The van der Waals surface area contributed by atoms with Gasteiger partial charge in [0.25, 0.3) is 0 Å². The molecule has 8 heteroatoms. The van der Waals surface area contributed by atoms with Crippen molar-refractivity contribution in [1.29, 1.82) is 0 Å². The van der Waals surface area contributed by atoms with Crippen molar-refractivity contribution in [3.8, 4) is 0 Å². The second-order valence-corrected chi connectivity index (χ2v) is 5.44. The van der Waals surface area contributed by atoms with Gasteiger partial charge in [-0.3, -0.25) is 24.4 Å². The molecule has 23 heavy (non-hydrogen) atoms. The molecule has 2 heterocycles. The van der Waals surface area contributed by atoms with Gasteiger partial charge in [0.05, 0.1) is 37.7 Å². The number of ether oxygens (including phenoxy) is 1. The molecule has 1 aliphatic rings. The highest BCUT2D eigenvalue weighted by molar-refractivity contribution is 5.69. The van der Waals surface area contributed by atoms with E-state index < -0.39 is 11.9 Å². The number of carbonyl (C=O) groups is 2. The quantitative estimate of drug-likeness (QED) is 0.791. The second kappa shape index (κ2) is 8.56. The fourth-order valence-corrected chi connectivity index (χ4v) is 2.46. The van der Waals surface area contributed by atoms with Crippen molar-refractivity contribution < 1.29 is 24.5 Å². The number of nitrogens with zero attached hydrogens (tertiary/aromatic N) is 3. The fraction of sp³-hybridized carbons (Fsp3) is 0.533. The van der Waals surface area contributed by atoms with Crippen LogP contribution in [-0.2, 0) is 27.4 Å². The molecular formula is C15H21N3O5. The Hall–Kier alpha value is -2.03. The van der Waals surface area contributed by atoms with E-state index in [0.717, 1.165) is 11.4 Å². The summed E-state index contributed by atoms with van der Waals surface area (Å²) in [5.74, 6) is -1.78. The molecule has 0 atom stereocenters. The Bertz CT molecular complexity index is 508. The Morgan fingerprint density at radius 2 is 1.48 bits per heavy atom. The Morgan fingerprint density at radius 3 is 1.91 bits per heavy atom. The number of aliphatic carboxylic acids is 2. The zero-order valence-electron chi connectivity index (χ0n) is 12.8. The van der Waals surface area contributed by atoms with Gasteiger partial charge < -0.3 is 14.9 Å². The average molecular weight is 323 g/mol. The molecule has 0 amide bonds.